The third-order valence-corrected chi connectivity index (χ3v) is 1.39. The van der Waals surface area contributed by atoms with E-state index in [2.05, 4.69) is 21.9 Å². The Morgan fingerprint density at radius 1 is 1.64 bits per heavy atom. The zero-order valence-corrected chi connectivity index (χ0v) is 6.66. The zero-order valence-electron chi connectivity index (χ0n) is 6.66. The first kappa shape index (κ1) is 10.3. The van der Waals surface area contributed by atoms with Crippen molar-refractivity contribution in [2.24, 2.45) is 11.2 Å². The van der Waals surface area contributed by atoms with E-state index in [-0.39, 0.29) is 12.7 Å². The quantitative estimate of drug-likeness (QED) is 0.450. The molecule has 5 nitrogen and oxygen atoms in total. The van der Waals surface area contributed by atoms with Crippen LogP contribution in [0.25, 0.3) is 0 Å². The van der Waals surface area contributed by atoms with Crippen LogP contribution in [0.3, 0.4) is 0 Å². The number of nitrogens with two attached hydrogens (primary N) is 1. The highest BCUT2D eigenvalue weighted by molar-refractivity contribution is 4.54. The van der Waals surface area contributed by atoms with Gasteiger partial charge in [0.1, 0.15) is 12.7 Å². The van der Waals surface area contributed by atoms with Gasteiger partial charge < -0.3 is 4.84 Å². The summed E-state index contributed by atoms with van der Waals surface area (Å²) < 4.78 is 0. The average molecular weight is 162 g/mol. The molecule has 0 aromatic carbocycles. The van der Waals surface area contributed by atoms with E-state index in [4.69, 9.17) is 5.90 Å². The second kappa shape index (κ2) is 7.43. The number of rotatable bonds is 7. The van der Waals surface area contributed by atoms with E-state index in [0.29, 0.717) is 0 Å². The molecule has 0 heterocycles. The molecular formula is C6H14N2O3. The molecular weight excluding hydrogens is 148 g/mol. The average Bonchev–Trinajstić information content (AvgIpc) is 2.05. The molecule has 0 fully saturated rings. The predicted molar refractivity (Wildman–Crippen MR) is 40.3 cm³/mol. The van der Waals surface area contributed by atoms with Crippen LogP contribution in [0.2, 0.25) is 0 Å². The van der Waals surface area contributed by atoms with Crippen LogP contribution in [-0.2, 0) is 9.68 Å². The van der Waals surface area contributed by atoms with Crippen molar-refractivity contribution in [3.8, 4) is 0 Å². The molecule has 0 rings (SSSR count). The summed E-state index contributed by atoms with van der Waals surface area (Å²) in [7, 11) is 0. The lowest BCUT2D eigenvalue weighted by atomic mass is 10.2. The first-order valence-electron chi connectivity index (χ1n) is 3.65. The van der Waals surface area contributed by atoms with Gasteiger partial charge in [0.2, 0.25) is 0 Å². The summed E-state index contributed by atoms with van der Waals surface area (Å²) in [6.07, 6.45) is 2.65. The molecule has 2 N–H and O–H groups in total. The smallest absolute Gasteiger partial charge is 0.155 e. The van der Waals surface area contributed by atoms with Gasteiger partial charge in [-0.3, -0.25) is 4.84 Å². The van der Waals surface area contributed by atoms with Gasteiger partial charge in [0.15, 0.2) is 5.34 Å². The molecule has 0 saturated heterocycles. The van der Waals surface area contributed by atoms with Crippen molar-refractivity contribution in [2.75, 3.05) is 6.61 Å². The Morgan fingerprint density at radius 3 is 2.82 bits per heavy atom. The van der Waals surface area contributed by atoms with Crippen molar-refractivity contribution in [3.63, 3.8) is 0 Å². The maximum atomic E-state index is 9.53. The lowest BCUT2D eigenvalue weighted by molar-refractivity contribution is -0.0226. The molecule has 5 heteroatoms. The topological polar surface area (TPSA) is 73.9 Å². The molecule has 0 aliphatic heterocycles. The van der Waals surface area contributed by atoms with Crippen molar-refractivity contribution >= 4 is 0 Å². The number of nitrogens with zero attached hydrogens (tertiary/aromatic N) is 1. The summed E-state index contributed by atoms with van der Waals surface area (Å²) in [6.45, 7) is 2.20. The summed E-state index contributed by atoms with van der Waals surface area (Å²) in [4.78, 5) is 18.3. The second-order valence-electron chi connectivity index (χ2n) is 2.27. The van der Waals surface area contributed by atoms with Crippen LogP contribution in [-0.4, -0.2) is 12.7 Å². The molecule has 0 bridgehead atoms. The molecule has 0 aliphatic rings. The van der Waals surface area contributed by atoms with E-state index in [1.165, 1.54) is 0 Å². The maximum Gasteiger partial charge on any atom is 0.155 e. The summed E-state index contributed by atoms with van der Waals surface area (Å²) in [5.74, 6) is 4.93. The van der Waals surface area contributed by atoms with Gasteiger partial charge >= 0.3 is 0 Å². The molecule has 0 aromatic rings. The maximum absolute atomic E-state index is 9.53. The Labute approximate surface area is 65.7 Å². The molecule has 11 heavy (non-hydrogen) atoms. The minimum atomic E-state index is -0.215. The summed E-state index contributed by atoms with van der Waals surface area (Å²) >= 11 is 0. The Balaban J connectivity index is 3.32. The highest BCUT2D eigenvalue weighted by atomic mass is 16.7. The normalized spacial score (nSPS) is 12.5. The fourth-order valence-electron chi connectivity index (χ4n) is 0.736. The van der Waals surface area contributed by atoms with Crippen molar-refractivity contribution < 1.29 is 9.68 Å². The minimum absolute atomic E-state index is 0.139. The Morgan fingerprint density at radius 2 is 2.36 bits per heavy atom. The van der Waals surface area contributed by atoms with Crippen LogP contribution in [0, 0.1) is 4.91 Å². The molecule has 1 unspecified atom stereocenters. The van der Waals surface area contributed by atoms with Gasteiger partial charge in [0.05, 0.1) is 0 Å². The predicted octanol–water partition coefficient (Wildman–Crippen LogP) is 1.13. The SMILES string of the molecule is CCCCC(CON=O)ON. The van der Waals surface area contributed by atoms with Gasteiger partial charge in [-0.15, -0.1) is 4.91 Å². The van der Waals surface area contributed by atoms with Crippen LogP contribution in [0.15, 0.2) is 5.34 Å². The Bertz CT molecular complexity index is 99.8. The number of hydrogen-bond donors (Lipinski definition) is 1. The van der Waals surface area contributed by atoms with Gasteiger partial charge in [-0.2, -0.15) is 0 Å². The van der Waals surface area contributed by atoms with E-state index in [1.54, 1.807) is 0 Å². The molecule has 0 aromatic heterocycles. The molecule has 1 atom stereocenters. The Kier molecular flexibility index (Phi) is 6.97. The number of hydrogen-bond acceptors (Lipinski definition) is 5. The van der Waals surface area contributed by atoms with Gasteiger partial charge in [-0.1, -0.05) is 19.8 Å². The van der Waals surface area contributed by atoms with E-state index in [1.807, 2.05) is 0 Å². The molecule has 66 valence electrons. The van der Waals surface area contributed by atoms with Gasteiger partial charge in [0.25, 0.3) is 0 Å². The molecule has 0 saturated carbocycles. The van der Waals surface area contributed by atoms with Crippen LogP contribution in [0.4, 0.5) is 0 Å². The number of unbranched alkanes of at least 4 members (excludes halogenated alkanes) is 1. The summed E-state index contributed by atoms with van der Waals surface area (Å²) in [6, 6.07) is 0. The zero-order chi connectivity index (χ0) is 8.53. The highest BCUT2D eigenvalue weighted by Crippen LogP contribution is 2.03. The fourth-order valence-corrected chi connectivity index (χ4v) is 0.736. The Hall–Kier alpha value is -0.680. The fraction of sp³-hybridized carbons (Fsp3) is 1.00. The van der Waals surface area contributed by atoms with E-state index in [0.717, 1.165) is 19.3 Å². The lowest BCUT2D eigenvalue weighted by Crippen LogP contribution is -2.22. The monoisotopic (exact) mass is 162 g/mol. The largest absolute Gasteiger partial charge is 0.361 e. The molecule has 0 aliphatic carbocycles. The summed E-state index contributed by atoms with van der Waals surface area (Å²) in [5.41, 5.74) is 0. The van der Waals surface area contributed by atoms with Crippen LogP contribution >= 0.6 is 0 Å². The third kappa shape index (κ3) is 5.75. The van der Waals surface area contributed by atoms with E-state index in [9.17, 15) is 4.91 Å². The van der Waals surface area contributed by atoms with Gasteiger partial charge in [0, 0.05) is 0 Å². The third-order valence-electron chi connectivity index (χ3n) is 1.39. The first-order valence-corrected chi connectivity index (χ1v) is 3.65. The molecule has 0 amide bonds. The van der Waals surface area contributed by atoms with Crippen LogP contribution in [0.1, 0.15) is 26.2 Å². The van der Waals surface area contributed by atoms with Crippen molar-refractivity contribution in [3.05, 3.63) is 4.91 Å². The first-order chi connectivity index (χ1) is 5.35. The van der Waals surface area contributed by atoms with Crippen LogP contribution < -0.4 is 5.90 Å². The highest BCUT2D eigenvalue weighted by Gasteiger charge is 2.07. The second-order valence-corrected chi connectivity index (χ2v) is 2.27. The van der Waals surface area contributed by atoms with E-state index < -0.39 is 0 Å². The van der Waals surface area contributed by atoms with Crippen molar-refractivity contribution in [1.29, 1.82) is 0 Å². The van der Waals surface area contributed by atoms with Gasteiger partial charge in [-0.25, -0.2) is 5.90 Å². The van der Waals surface area contributed by atoms with Gasteiger partial charge in [-0.05, 0) is 6.42 Å². The summed E-state index contributed by atoms with van der Waals surface area (Å²) in [5, 5.41) is 2.25. The van der Waals surface area contributed by atoms with Crippen LogP contribution in [0.5, 0.6) is 0 Å². The molecule has 0 spiro atoms. The molecule has 0 radical (unpaired) electrons. The minimum Gasteiger partial charge on any atom is -0.361 e. The standard InChI is InChI=1S/C6H14N2O3/c1-2-3-4-6(11-7)5-10-8-9/h6H,2-5,7H2,1H3. The van der Waals surface area contributed by atoms with E-state index >= 15 is 0 Å². The van der Waals surface area contributed by atoms with Crippen molar-refractivity contribution in [1.82, 2.24) is 0 Å². The lowest BCUT2D eigenvalue weighted by Gasteiger charge is -2.10. The van der Waals surface area contributed by atoms with Crippen molar-refractivity contribution in [2.45, 2.75) is 32.3 Å².